The molecule has 5 aromatic carbocycles. The highest BCUT2D eigenvalue weighted by Crippen LogP contribution is 2.39. The van der Waals surface area contributed by atoms with Gasteiger partial charge in [0.25, 0.3) is 0 Å². The van der Waals surface area contributed by atoms with Crippen LogP contribution >= 0.6 is 0 Å². The molecule has 0 bridgehead atoms. The van der Waals surface area contributed by atoms with E-state index in [1.807, 2.05) is 42.6 Å². The van der Waals surface area contributed by atoms with E-state index >= 15 is 0 Å². The summed E-state index contributed by atoms with van der Waals surface area (Å²) in [6.07, 6.45) is 3.65. The van der Waals surface area contributed by atoms with Crippen molar-refractivity contribution in [3.05, 3.63) is 146 Å². The van der Waals surface area contributed by atoms with Gasteiger partial charge in [-0.3, -0.25) is 9.97 Å². The highest BCUT2D eigenvalue weighted by molar-refractivity contribution is 6.17. The zero-order chi connectivity index (χ0) is 29.0. The molecular weight excluding hydrogens is 536 g/mol. The van der Waals surface area contributed by atoms with Crippen molar-refractivity contribution in [1.29, 1.82) is 0 Å². The number of hydrogen-bond donors (Lipinski definition) is 0. The Morgan fingerprint density at radius 2 is 1.07 bits per heavy atom. The zero-order valence-corrected chi connectivity index (χ0v) is 23.6. The Morgan fingerprint density at radius 3 is 1.93 bits per heavy atom. The average Bonchev–Trinajstić information content (AvgIpc) is 3.10. The third-order valence-electron chi connectivity index (χ3n) is 8.52. The van der Waals surface area contributed by atoms with Crippen molar-refractivity contribution in [2.24, 2.45) is 0 Å². The normalized spacial score (nSPS) is 11.6. The van der Waals surface area contributed by atoms with Crippen LogP contribution in [0.2, 0.25) is 0 Å². The molecule has 0 aliphatic rings. The lowest BCUT2D eigenvalue weighted by Crippen LogP contribution is -1.92. The van der Waals surface area contributed by atoms with Crippen LogP contribution in [0, 0.1) is 0 Å². The van der Waals surface area contributed by atoms with Crippen LogP contribution in [-0.2, 0) is 0 Å². The molecule has 4 aromatic heterocycles. The number of rotatable bonds is 3. The molecule has 0 unspecified atom stereocenters. The molecule has 4 heterocycles. The quantitative estimate of drug-likeness (QED) is 0.159. The summed E-state index contributed by atoms with van der Waals surface area (Å²) >= 11 is 0. The molecule has 0 aliphatic heterocycles. The largest absolute Gasteiger partial charge is 0.255 e. The van der Waals surface area contributed by atoms with E-state index in [4.69, 9.17) is 15.0 Å². The SMILES string of the molecule is c1ccc(-c2cccc(-c3ccc4c(ccc5cc(-c6c7ccccc7nc7c6ccc6cccnc67)ccc54)c3)n2)nc1. The Morgan fingerprint density at radius 1 is 0.364 bits per heavy atom. The van der Waals surface area contributed by atoms with Crippen LogP contribution in [-0.4, -0.2) is 19.9 Å². The fourth-order valence-electron chi connectivity index (χ4n) is 6.44. The fraction of sp³-hybridized carbons (Fsp3) is 0. The lowest BCUT2D eigenvalue weighted by Gasteiger charge is -2.14. The molecule has 9 aromatic rings. The second-order valence-corrected chi connectivity index (χ2v) is 11.1. The average molecular weight is 561 g/mol. The fourth-order valence-corrected chi connectivity index (χ4v) is 6.44. The molecule has 4 heteroatoms. The van der Waals surface area contributed by atoms with Crippen LogP contribution in [0.3, 0.4) is 0 Å². The molecule has 0 spiro atoms. The Kier molecular flexibility index (Phi) is 5.47. The Bertz CT molecular complexity index is 2560. The van der Waals surface area contributed by atoms with Crippen LogP contribution in [0.15, 0.2) is 146 Å². The molecular formula is C40H24N4. The van der Waals surface area contributed by atoms with Crippen molar-refractivity contribution in [3.8, 4) is 33.8 Å². The maximum absolute atomic E-state index is 5.08. The van der Waals surface area contributed by atoms with Gasteiger partial charge in [-0.15, -0.1) is 0 Å². The monoisotopic (exact) mass is 560 g/mol. The first-order chi connectivity index (χ1) is 21.8. The molecule has 0 N–H and O–H groups in total. The van der Waals surface area contributed by atoms with Gasteiger partial charge < -0.3 is 0 Å². The minimum Gasteiger partial charge on any atom is -0.255 e. The molecule has 0 aliphatic carbocycles. The Hall–Kier alpha value is -6.00. The maximum Gasteiger partial charge on any atom is 0.0978 e. The van der Waals surface area contributed by atoms with Gasteiger partial charge in [-0.1, -0.05) is 84.9 Å². The van der Waals surface area contributed by atoms with E-state index < -0.39 is 0 Å². The van der Waals surface area contributed by atoms with Crippen LogP contribution in [0.5, 0.6) is 0 Å². The number of nitrogens with zero attached hydrogens (tertiary/aromatic N) is 4. The second-order valence-electron chi connectivity index (χ2n) is 11.1. The van der Waals surface area contributed by atoms with Gasteiger partial charge in [-0.2, -0.15) is 0 Å². The third kappa shape index (κ3) is 3.92. The number of aromatic nitrogens is 4. The van der Waals surface area contributed by atoms with E-state index in [0.717, 1.165) is 55.4 Å². The van der Waals surface area contributed by atoms with E-state index in [2.05, 4.69) is 102 Å². The standard InChI is InChI=1S/C40H24N4/c1-2-9-35-32(8-1)38(33-20-15-25-7-6-22-42-39(25)40(33)44-35)29-17-19-31-27(24-29)14-13-26-23-28(16-18-30(26)31)34-11-5-12-37(43-34)36-10-3-4-21-41-36/h1-24H. The van der Waals surface area contributed by atoms with Crippen LogP contribution in [0.25, 0.3) is 88.0 Å². The molecule has 0 saturated carbocycles. The zero-order valence-electron chi connectivity index (χ0n) is 23.6. The number of para-hydroxylation sites is 1. The lowest BCUT2D eigenvalue weighted by molar-refractivity contribution is 1.25. The van der Waals surface area contributed by atoms with E-state index in [0.29, 0.717) is 0 Å². The first-order valence-corrected chi connectivity index (χ1v) is 14.7. The summed E-state index contributed by atoms with van der Waals surface area (Å²) in [6, 6.07) is 46.7. The molecule has 44 heavy (non-hydrogen) atoms. The van der Waals surface area contributed by atoms with Gasteiger partial charge >= 0.3 is 0 Å². The summed E-state index contributed by atoms with van der Waals surface area (Å²) in [4.78, 5) is 19.2. The van der Waals surface area contributed by atoms with Gasteiger partial charge in [0.15, 0.2) is 0 Å². The highest BCUT2D eigenvalue weighted by atomic mass is 14.8. The minimum absolute atomic E-state index is 0.870. The topological polar surface area (TPSA) is 51.6 Å². The first-order valence-electron chi connectivity index (χ1n) is 14.7. The van der Waals surface area contributed by atoms with E-state index in [1.54, 1.807) is 6.20 Å². The van der Waals surface area contributed by atoms with Crippen molar-refractivity contribution < 1.29 is 0 Å². The number of fused-ring (bicyclic) bond motifs is 7. The molecule has 0 saturated heterocycles. The summed E-state index contributed by atoms with van der Waals surface area (Å²) in [5.74, 6) is 0. The van der Waals surface area contributed by atoms with Gasteiger partial charge in [0.1, 0.15) is 0 Å². The van der Waals surface area contributed by atoms with Crippen LogP contribution < -0.4 is 0 Å². The predicted octanol–water partition coefficient (Wildman–Crippen LogP) is 10.0. The number of benzene rings is 5. The van der Waals surface area contributed by atoms with E-state index in [-0.39, 0.29) is 0 Å². The molecule has 0 amide bonds. The molecule has 0 fully saturated rings. The van der Waals surface area contributed by atoms with Gasteiger partial charge in [-0.25, -0.2) is 9.97 Å². The van der Waals surface area contributed by atoms with Gasteiger partial charge in [-0.05, 0) is 75.6 Å². The van der Waals surface area contributed by atoms with Crippen molar-refractivity contribution >= 4 is 54.3 Å². The summed E-state index contributed by atoms with van der Waals surface area (Å²) in [6.45, 7) is 0. The summed E-state index contributed by atoms with van der Waals surface area (Å²) in [5, 5.41) is 8.18. The molecule has 4 nitrogen and oxygen atoms in total. The number of hydrogen-bond acceptors (Lipinski definition) is 4. The van der Waals surface area contributed by atoms with Crippen LogP contribution in [0.1, 0.15) is 0 Å². The summed E-state index contributed by atoms with van der Waals surface area (Å²) in [5.41, 5.74) is 8.96. The van der Waals surface area contributed by atoms with E-state index in [9.17, 15) is 0 Å². The Balaban J connectivity index is 1.19. The second kappa shape index (κ2) is 9.79. The molecule has 204 valence electrons. The van der Waals surface area contributed by atoms with Crippen molar-refractivity contribution in [1.82, 2.24) is 19.9 Å². The third-order valence-corrected chi connectivity index (χ3v) is 8.52. The highest BCUT2D eigenvalue weighted by Gasteiger charge is 2.15. The Labute approximate surface area is 253 Å². The van der Waals surface area contributed by atoms with Crippen molar-refractivity contribution in [2.75, 3.05) is 0 Å². The molecule has 0 radical (unpaired) electrons. The molecule has 0 atom stereocenters. The lowest BCUT2D eigenvalue weighted by atomic mass is 9.92. The van der Waals surface area contributed by atoms with Crippen molar-refractivity contribution in [2.45, 2.75) is 0 Å². The summed E-state index contributed by atoms with van der Waals surface area (Å²) in [7, 11) is 0. The summed E-state index contributed by atoms with van der Waals surface area (Å²) < 4.78 is 0. The number of pyridine rings is 4. The van der Waals surface area contributed by atoms with E-state index in [1.165, 1.54) is 32.7 Å². The maximum atomic E-state index is 5.08. The smallest absolute Gasteiger partial charge is 0.0978 e. The predicted molar refractivity (Wildman–Crippen MR) is 181 cm³/mol. The first kappa shape index (κ1) is 24.6. The van der Waals surface area contributed by atoms with Gasteiger partial charge in [0.2, 0.25) is 0 Å². The minimum atomic E-state index is 0.870. The van der Waals surface area contributed by atoms with Gasteiger partial charge in [0.05, 0.1) is 33.6 Å². The van der Waals surface area contributed by atoms with Gasteiger partial charge in [0, 0.05) is 39.7 Å². The van der Waals surface area contributed by atoms with Crippen LogP contribution in [0.4, 0.5) is 0 Å². The molecule has 9 rings (SSSR count). The van der Waals surface area contributed by atoms with Crippen molar-refractivity contribution in [3.63, 3.8) is 0 Å².